The van der Waals surface area contributed by atoms with Crippen LogP contribution in [0, 0.1) is 0 Å². The molecule has 4 nitrogen and oxygen atoms in total. The highest BCUT2D eigenvalue weighted by Crippen LogP contribution is 2.25. The smallest absolute Gasteiger partial charge is 0.124 e. The van der Waals surface area contributed by atoms with E-state index < -0.39 is 0 Å². The van der Waals surface area contributed by atoms with Crippen LogP contribution < -0.4 is 0 Å². The normalized spacial score (nSPS) is 11.5. The van der Waals surface area contributed by atoms with Gasteiger partial charge in [0, 0.05) is 16.3 Å². The Balaban J connectivity index is 1.78. The number of aromatic hydroxyl groups is 1. The van der Waals surface area contributed by atoms with Crippen LogP contribution >= 0.6 is 15.9 Å². The largest absolute Gasteiger partial charge is 0.507 e. The molecule has 3 aromatic carbocycles. The molecule has 26 heavy (non-hydrogen) atoms. The average molecular weight is 408 g/mol. The minimum atomic E-state index is 0.154. The number of phenolic OH excluding ortho intramolecular Hbond substituents is 1. The van der Waals surface area contributed by atoms with E-state index in [1.165, 1.54) is 5.56 Å². The van der Waals surface area contributed by atoms with Gasteiger partial charge in [-0.3, -0.25) is 4.99 Å². The number of azo groups is 1. The van der Waals surface area contributed by atoms with Crippen molar-refractivity contribution in [2.75, 3.05) is 0 Å². The number of nitrogens with zero attached hydrogens (tertiary/aromatic N) is 3. The summed E-state index contributed by atoms with van der Waals surface area (Å²) < 4.78 is 0.992. The van der Waals surface area contributed by atoms with Gasteiger partial charge < -0.3 is 5.11 Å². The van der Waals surface area contributed by atoms with Crippen molar-refractivity contribution in [1.29, 1.82) is 0 Å². The number of halogens is 1. The van der Waals surface area contributed by atoms with Crippen LogP contribution in [0.25, 0.3) is 0 Å². The fraction of sp³-hybridized carbons (Fsp3) is 0.0952. The molecule has 0 unspecified atom stereocenters. The summed E-state index contributed by atoms with van der Waals surface area (Å²) in [7, 11) is 0. The molecule has 0 aliphatic rings. The lowest BCUT2D eigenvalue weighted by Gasteiger charge is -2.01. The number of hydrogen-bond donors (Lipinski definition) is 1. The van der Waals surface area contributed by atoms with Gasteiger partial charge in [-0.05, 0) is 66.6 Å². The third-order valence-corrected chi connectivity index (χ3v) is 4.34. The third-order valence-electron chi connectivity index (χ3n) is 3.82. The average Bonchev–Trinajstić information content (AvgIpc) is 2.68. The first-order chi connectivity index (χ1) is 12.6. The first kappa shape index (κ1) is 18.0. The van der Waals surface area contributed by atoms with Gasteiger partial charge in [0.1, 0.15) is 5.75 Å². The van der Waals surface area contributed by atoms with E-state index in [1.54, 1.807) is 24.4 Å². The van der Waals surface area contributed by atoms with E-state index in [0.717, 1.165) is 22.3 Å². The minimum Gasteiger partial charge on any atom is -0.507 e. The number of aryl methyl sites for hydroxylation is 1. The van der Waals surface area contributed by atoms with Crippen molar-refractivity contribution in [3.63, 3.8) is 0 Å². The van der Waals surface area contributed by atoms with Crippen LogP contribution in [0.2, 0.25) is 0 Å². The van der Waals surface area contributed by atoms with Gasteiger partial charge in [-0.2, -0.15) is 10.2 Å². The Labute approximate surface area is 161 Å². The molecule has 0 aromatic heterocycles. The zero-order chi connectivity index (χ0) is 18.4. The molecule has 3 aromatic rings. The Morgan fingerprint density at radius 1 is 0.846 bits per heavy atom. The summed E-state index contributed by atoms with van der Waals surface area (Å²) in [6.07, 6.45) is 2.63. The predicted octanol–water partition coefficient (Wildman–Crippen LogP) is 6.88. The van der Waals surface area contributed by atoms with E-state index in [2.05, 4.69) is 50.2 Å². The van der Waals surface area contributed by atoms with E-state index in [0.29, 0.717) is 11.3 Å². The van der Waals surface area contributed by atoms with Gasteiger partial charge in [0.25, 0.3) is 0 Å². The van der Waals surface area contributed by atoms with Crippen molar-refractivity contribution in [3.8, 4) is 5.75 Å². The first-order valence-electron chi connectivity index (χ1n) is 8.27. The molecule has 0 saturated carbocycles. The van der Waals surface area contributed by atoms with Crippen molar-refractivity contribution in [3.05, 3.63) is 82.3 Å². The molecule has 0 aliphatic carbocycles. The number of rotatable bonds is 5. The van der Waals surface area contributed by atoms with Crippen LogP contribution in [0.4, 0.5) is 17.1 Å². The van der Waals surface area contributed by atoms with Crippen molar-refractivity contribution in [1.82, 2.24) is 0 Å². The molecule has 0 radical (unpaired) electrons. The summed E-state index contributed by atoms with van der Waals surface area (Å²) in [4.78, 5) is 4.42. The Morgan fingerprint density at radius 3 is 2.15 bits per heavy atom. The van der Waals surface area contributed by atoms with Gasteiger partial charge in [0.05, 0.1) is 17.1 Å². The van der Waals surface area contributed by atoms with Crippen LogP contribution in [0.3, 0.4) is 0 Å². The van der Waals surface area contributed by atoms with E-state index in [4.69, 9.17) is 0 Å². The van der Waals surface area contributed by atoms with E-state index in [-0.39, 0.29) is 5.75 Å². The molecule has 3 rings (SSSR count). The summed E-state index contributed by atoms with van der Waals surface area (Å²) >= 11 is 3.39. The summed E-state index contributed by atoms with van der Waals surface area (Å²) in [5, 5.41) is 18.5. The second kappa shape index (κ2) is 8.54. The molecular formula is C21H18BrN3O. The molecule has 0 heterocycles. The lowest BCUT2D eigenvalue weighted by atomic mass is 10.1. The summed E-state index contributed by atoms with van der Waals surface area (Å²) in [5.41, 5.74) is 4.10. The number of benzene rings is 3. The van der Waals surface area contributed by atoms with Crippen molar-refractivity contribution >= 4 is 39.2 Å². The Morgan fingerprint density at radius 2 is 1.46 bits per heavy atom. The maximum absolute atomic E-state index is 10.0. The SMILES string of the molecule is CCc1ccc(N=Cc2cc(N=Nc3ccc(Br)cc3)ccc2O)cc1. The molecular weight excluding hydrogens is 390 g/mol. The topological polar surface area (TPSA) is 57.3 Å². The van der Waals surface area contributed by atoms with Gasteiger partial charge in [-0.1, -0.05) is 35.0 Å². The maximum Gasteiger partial charge on any atom is 0.124 e. The van der Waals surface area contributed by atoms with Crippen LogP contribution in [0.15, 0.2) is 86.4 Å². The second-order valence-electron chi connectivity index (χ2n) is 5.70. The monoisotopic (exact) mass is 407 g/mol. The lowest BCUT2D eigenvalue weighted by Crippen LogP contribution is -1.82. The molecule has 0 spiro atoms. The van der Waals surface area contributed by atoms with Gasteiger partial charge in [0.2, 0.25) is 0 Å². The van der Waals surface area contributed by atoms with Crippen LogP contribution in [-0.2, 0) is 6.42 Å². The van der Waals surface area contributed by atoms with Crippen molar-refractivity contribution in [2.45, 2.75) is 13.3 Å². The number of phenols is 1. The fourth-order valence-corrected chi connectivity index (χ4v) is 2.56. The highest BCUT2D eigenvalue weighted by molar-refractivity contribution is 9.10. The molecule has 130 valence electrons. The van der Waals surface area contributed by atoms with Gasteiger partial charge in [-0.25, -0.2) is 0 Å². The minimum absolute atomic E-state index is 0.154. The van der Waals surface area contributed by atoms with Crippen molar-refractivity contribution in [2.24, 2.45) is 15.2 Å². The molecule has 0 atom stereocenters. The van der Waals surface area contributed by atoms with Crippen molar-refractivity contribution < 1.29 is 5.11 Å². The van der Waals surface area contributed by atoms with Crippen LogP contribution in [0.5, 0.6) is 5.75 Å². The van der Waals surface area contributed by atoms with Gasteiger partial charge in [0.15, 0.2) is 0 Å². The number of hydrogen-bond acceptors (Lipinski definition) is 4. The van der Waals surface area contributed by atoms with Crippen LogP contribution in [-0.4, -0.2) is 11.3 Å². The molecule has 0 fully saturated rings. The molecule has 1 N–H and O–H groups in total. The molecule has 0 bridgehead atoms. The molecule has 5 heteroatoms. The van der Waals surface area contributed by atoms with E-state index in [1.807, 2.05) is 36.4 Å². The third kappa shape index (κ3) is 4.86. The molecule has 0 amide bonds. The maximum atomic E-state index is 10.0. The standard InChI is InChI=1S/C21H18BrN3O/c1-2-15-3-7-18(8-4-15)23-14-16-13-20(11-12-21(16)26)25-24-19-9-5-17(22)6-10-19/h3-14,26H,2H2,1H3. The first-order valence-corrected chi connectivity index (χ1v) is 9.06. The van der Waals surface area contributed by atoms with E-state index >= 15 is 0 Å². The zero-order valence-corrected chi connectivity index (χ0v) is 15.9. The summed E-state index contributed by atoms with van der Waals surface area (Å²) in [6, 6.07) is 20.6. The lowest BCUT2D eigenvalue weighted by molar-refractivity contribution is 0.474. The fourth-order valence-electron chi connectivity index (χ4n) is 2.29. The highest BCUT2D eigenvalue weighted by atomic mass is 79.9. The summed E-state index contributed by atoms with van der Waals surface area (Å²) in [5.74, 6) is 0.154. The van der Waals surface area contributed by atoms with Crippen LogP contribution in [0.1, 0.15) is 18.1 Å². The quantitative estimate of drug-likeness (QED) is 0.363. The second-order valence-corrected chi connectivity index (χ2v) is 6.61. The predicted molar refractivity (Wildman–Crippen MR) is 109 cm³/mol. The zero-order valence-electron chi connectivity index (χ0n) is 14.3. The van der Waals surface area contributed by atoms with E-state index in [9.17, 15) is 5.11 Å². The number of aliphatic imine (C=N–C) groups is 1. The molecule has 0 aliphatic heterocycles. The Bertz CT molecular complexity index is 932. The highest BCUT2D eigenvalue weighted by Gasteiger charge is 2.01. The Kier molecular flexibility index (Phi) is 5.92. The molecule has 0 saturated heterocycles. The van der Waals surface area contributed by atoms with Gasteiger partial charge in [-0.15, -0.1) is 0 Å². The summed E-state index contributed by atoms with van der Waals surface area (Å²) in [6.45, 7) is 2.12. The Hall–Kier alpha value is -2.79. The van der Waals surface area contributed by atoms with Gasteiger partial charge >= 0.3 is 0 Å².